The predicted octanol–water partition coefficient (Wildman–Crippen LogP) is 0.592. The summed E-state index contributed by atoms with van der Waals surface area (Å²) in [5.41, 5.74) is -0.0926. The molecule has 4 rings (SSSR count). The van der Waals surface area contributed by atoms with Gasteiger partial charge in [-0.05, 0) is 24.8 Å². The summed E-state index contributed by atoms with van der Waals surface area (Å²) >= 11 is 1.23. The first-order valence-electron chi connectivity index (χ1n) is 7.75. The Hall–Kier alpha value is -2.62. The average Bonchev–Trinajstić information content (AvgIpc) is 3.31. The van der Waals surface area contributed by atoms with Gasteiger partial charge in [0.1, 0.15) is 12.7 Å². The van der Waals surface area contributed by atoms with Gasteiger partial charge in [0.15, 0.2) is 11.6 Å². The summed E-state index contributed by atoms with van der Waals surface area (Å²) in [5.74, 6) is 1.96. The summed E-state index contributed by atoms with van der Waals surface area (Å²) in [6, 6.07) is 3.19. The van der Waals surface area contributed by atoms with E-state index in [4.69, 9.17) is 0 Å². The third-order valence-corrected chi connectivity index (χ3v) is 4.69. The van der Waals surface area contributed by atoms with Gasteiger partial charge < -0.3 is 4.90 Å². The molecule has 0 atom stereocenters. The Bertz CT molecular complexity index is 836. The van der Waals surface area contributed by atoms with Gasteiger partial charge in [0, 0.05) is 25.7 Å². The lowest BCUT2D eigenvalue weighted by atomic mass is 9.97. The number of anilines is 1. The second kappa shape index (κ2) is 6.48. The lowest BCUT2D eigenvalue weighted by Gasteiger charge is -2.31. The maximum Gasteiger partial charge on any atom is 0.266 e. The second-order valence-electron chi connectivity index (χ2n) is 5.75. The number of aromatic nitrogens is 7. The molecule has 0 bridgehead atoms. The van der Waals surface area contributed by atoms with Crippen LogP contribution >= 0.6 is 11.7 Å². The van der Waals surface area contributed by atoms with Gasteiger partial charge in [-0.1, -0.05) is 0 Å². The van der Waals surface area contributed by atoms with Crippen LogP contribution in [0, 0.1) is 5.92 Å². The molecule has 4 heterocycles. The van der Waals surface area contributed by atoms with Crippen LogP contribution in [-0.2, 0) is 6.54 Å². The van der Waals surface area contributed by atoms with Crippen molar-refractivity contribution in [1.29, 1.82) is 0 Å². The maximum absolute atomic E-state index is 12.1. The van der Waals surface area contributed by atoms with Crippen molar-refractivity contribution in [3.05, 3.63) is 41.3 Å². The van der Waals surface area contributed by atoms with Gasteiger partial charge in [0.05, 0.1) is 17.9 Å². The van der Waals surface area contributed by atoms with Gasteiger partial charge in [-0.15, -0.1) is 5.10 Å². The molecule has 0 radical (unpaired) electrons. The Labute approximate surface area is 141 Å². The highest BCUT2D eigenvalue weighted by molar-refractivity contribution is 6.99. The van der Waals surface area contributed by atoms with Gasteiger partial charge >= 0.3 is 0 Å². The maximum atomic E-state index is 12.1. The minimum absolute atomic E-state index is 0.0926. The third kappa shape index (κ3) is 3.04. The van der Waals surface area contributed by atoms with E-state index in [1.165, 1.54) is 28.8 Å². The number of piperidine rings is 1. The fraction of sp³-hybridized carbons (Fsp3) is 0.429. The van der Waals surface area contributed by atoms with E-state index in [2.05, 4.69) is 28.8 Å². The zero-order chi connectivity index (χ0) is 16.4. The minimum Gasteiger partial charge on any atom is -0.354 e. The third-order valence-electron chi connectivity index (χ3n) is 4.23. The average molecular weight is 344 g/mol. The molecule has 1 aliphatic rings. The zero-order valence-corrected chi connectivity index (χ0v) is 13.7. The summed E-state index contributed by atoms with van der Waals surface area (Å²) in [4.78, 5) is 18.2. The fourth-order valence-corrected chi connectivity index (χ4v) is 3.34. The van der Waals surface area contributed by atoms with Crippen molar-refractivity contribution in [3.63, 3.8) is 0 Å². The van der Waals surface area contributed by atoms with Gasteiger partial charge in [-0.3, -0.25) is 4.79 Å². The predicted molar refractivity (Wildman–Crippen MR) is 88.3 cm³/mol. The number of nitrogens with zero attached hydrogens (tertiary/aromatic N) is 8. The van der Waals surface area contributed by atoms with Crippen LogP contribution in [0.3, 0.4) is 0 Å². The standard InChI is InChI=1S/C14H16N8OS/c23-14-2-1-12(22-10-15-9-16-22)18-21(14)8-11-3-5-20(6-4-11)13-7-17-24-19-13/h1-2,7,9-11H,3-6,8H2. The van der Waals surface area contributed by atoms with Crippen molar-refractivity contribution >= 4 is 17.5 Å². The highest BCUT2D eigenvalue weighted by Crippen LogP contribution is 2.22. The molecular formula is C14H16N8OS. The molecule has 0 spiro atoms. The first kappa shape index (κ1) is 14.9. The van der Waals surface area contributed by atoms with Gasteiger partial charge in [0.25, 0.3) is 5.56 Å². The van der Waals surface area contributed by atoms with E-state index >= 15 is 0 Å². The molecule has 0 N–H and O–H groups in total. The fourth-order valence-electron chi connectivity index (χ4n) is 2.91. The van der Waals surface area contributed by atoms with Crippen LogP contribution in [0.25, 0.3) is 5.82 Å². The molecule has 0 saturated carbocycles. The van der Waals surface area contributed by atoms with Crippen molar-refractivity contribution in [3.8, 4) is 5.82 Å². The van der Waals surface area contributed by atoms with Gasteiger partial charge in [0.2, 0.25) is 0 Å². The molecule has 3 aromatic rings. The Kier molecular flexibility index (Phi) is 4.03. The van der Waals surface area contributed by atoms with E-state index in [0.29, 0.717) is 18.3 Å². The Morgan fingerprint density at radius 3 is 2.79 bits per heavy atom. The number of hydrogen-bond acceptors (Lipinski definition) is 8. The lowest BCUT2D eigenvalue weighted by molar-refractivity contribution is 0.334. The van der Waals surface area contributed by atoms with E-state index < -0.39 is 0 Å². The van der Waals surface area contributed by atoms with E-state index in [9.17, 15) is 4.79 Å². The smallest absolute Gasteiger partial charge is 0.266 e. The largest absolute Gasteiger partial charge is 0.354 e. The van der Waals surface area contributed by atoms with Crippen molar-refractivity contribution in [1.82, 2.24) is 33.3 Å². The van der Waals surface area contributed by atoms with E-state index in [1.54, 1.807) is 23.3 Å². The Morgan fingerprint density at radius 1 is 1.21 bits per heavy atom. The van der Waals surface area contributed by atoms with Crippen molar-refractivity contribution in [2.75, 3.05) is 18.0 Å². The SMILES string of the molecule is O=c1ccc(-n2cncn2)nn1CC1CCN(c2cnsn2)CC1. The van der Waals surface area contributed by atoms with Crippen molar-refractivity contribution < 1.29 is 0 Å². The number of hydrogen-bond donors (Lipinski definition) is 0. The molecule has 0 aromatic carbocycles. The molecule has 3 aromatic heterocycles. The quantitative estimate of drug-likeness (QED) is 0.683. The summed E-state index contributed by atoms with van der Waals surface area (Å²) in [7, 11) is 0. The molecular weight excluding hydrogens is 328 g/mol. The van der Waals surface area contributed by atoms with Gasteiger partial charge in [-0.2, -0.15) is 13.8 Å². The summed E-state index contributed by atoms with van der Waals surface area (Å²) in [5, 5.41) is 8.46. The molecule has 9 nitrogen and oxygen atoms in total. The highest BCUT2D eigenvalue weighted by atomic mass is 32.1. The summed E-state index contributed by atoms with van der Waals surface area (Å²) in [6.07, 6.45) is 6.81. The van der Waals surface area contributed by atoms with Crippen LogP contribution < -0.4 is 10.5 Å². The topological polar surface area (TPSA) is 94.6 Å². The van der Waals surface area contributed by atoms with Crippen molar-refractivity contribution in [2.45, 2.75) is 19.4 Å². The summed E-state index contributed by atoms with van der Waals surface area (Å²) < 4.78 is 11.4. The number of rotatable bonds is 4. The normalized spacial score (nSPS) is 15.8. The van der Waals surface area contributed by atoms with Crippen LogP contribution in [0.15, 0.2) is 35.8 Å². The monoisotopic (exact) mass is 344 g/mol. The van der Waals surface area contributed by atoms with Crippen LogP contribution in [0.4, 0.5) is 5.82 Å². The van der Waals surface area contributed by atoms with E-state index in [1.807, 2.05) is 0 Å². The van der Waals surface area contributed by atoms with Gasteiger partial charge in [-0.25, -0.2) is 14.3 Å². The van der Waals surface area contributed by atoms with E-state index in [-0.39, 0.29) is 5.56 Å². The molecule has 1 aliphatic heterocycles. The summed E-state index contributed by atoms with van der Waals surface area (Å²) in [6.45, 7) is 2.46. The van der Waals surface area contributed by atoms with Crippen LogP contribution in [0.5, 0.6) is 0 Å². The highest BCUT2D eigenvalue weighted by Gasteiger charge is 2.21. The zero-order valence-electron chi connectivity index (χ0n) is 12.9. The molecule has 24 heavy (non-hydrogen) atoms. The van der Waals surface area contributed by atoms with Crippen LogP contribution in [0.1, 0.15) is 12.8 Å². The molecule has 1 fully saturated rings. The molecule has 0 unspecified atom stereocenters. The first-order chi connectivity index (χ1) is 11.8. The lowest BCUT2D eigenvalue weighted by Crippen LogP contribution is -2.37. The first-order valence-corrected chi connectivity index (χ1v) is 8.48. The van der Waals surface area contributed by atoms with Crippen LogP contribution in [-0.4, -0.2) is 46.4 Å². The van der Waals surface area contributed by atoms with E-state index in [0.717, 1.165) is 31.7 Å². The Morgan fingerprint density at radius 2 is 2.08 bits per heavy atom. The molecule has 10 heteroatoms. The molecule has 0 aliphatic carbocycles. The molecule has 0 amide bonds. The van der Waals surface area contributed by atoms with Crippen molar-refractivity contribution in [2.24, 2.45) is 5.92 Å². The minimum atomic E-state index is -0.0926. The molecule has 1 saturated heterocycles. The van der Waals surface area contributed by atoms with Crippen LogP contribution in [0.2, 0.25) is 0 Å². The molecule has 124 valence electrons. The Balaban J connectivity index is 1.44. The second-order valence-corrected chi connectivity index (χ2v) is 6.30.